The summed E-state index contributed by atoms with van der Waals surface area (Å²) in [5.74, 6) is 1.67. The Hall–Kier alpha value is -2.05. The summed E-state index contributed by atoms with van der Waals surface area (Å²) < 4.78 is 16.6. The lowest BCUT2D eigenvalue weighted by Crippen LogP contribution is -2.07. The van der Waals surface area contributed by atoms with Gasteiger partial charge in [0.25, 0.3) is 0 Å². The Morgan fingerprint density at radius 3 is 2.62 bits per heavy atom. The van der Waals surface area contributed by atoms with Gasteiger partial charge in [0.1, 0.15) is 0 Å². The molecule has 5 nitrogen and oxygen atoms in total. The number of pyridine rings is 1. The van der Waals surface area contributed by atoms with Crippen molar-refractivity contribution in [1.82, 2.24) is 4.98 Å². The second kappa shape index (κ2) is 7.68. The molecule has 0 radical (unpaired) electrons. The van der Waals surface area contributed by atoms with E-state index in [1.54, 1.807) is 0 Å². The third-order valence-electron chi connectivity index (χ3n) is 4.08. The van der Waals surface area contributed by atoms with Crippen LogP contribution in [0.3, 0.4) is 0 Å². The second-order valence-electron chi connectivity index (χ2n) is 5.76. The van der Waals surface area contributed by atoms with Crippen LogP contribution in [0.2, 0.25) is 6.32 Å². The molecular formula is C18H22BNO4. The van der Waals surface area contributed by atoms with E-state index in [-0.39, 0.29) is 5.92 Å². The van der Waals surface area contributed by atoms with E-state index >= 15 is 0 Å². The van der Waals surface area contributed by atoms with Crippen molar-refractivity contribution in [2.45, 2.75) is 26.1 Å². The predicted molar refractivity (Wildman–Crippen MR) is 93.5 cm³/mol. The lowest BCUT2D eigenvalue weighted by atomic mass is 9.80. The zero-order chi connectivity index (χ0) is 16.9. The molecule has 0 amide bonds. The van der Waals surface area contributed by atoms with Gasteiger partial charge in [0, 0.05) is 30.5 Å². The summed E-state index contributed by atoms with van der Waals surface area (Å²) in [5, 5.41) is 9.55. The summed E-state index contributed by atoms with van der Waals surface area (Å²) in [7, 11) is -0.673. The van der Waals surface area contributed by atoms with Gasteiger partial charge >= 0.3 is 7.12 Å². The molecule has 0 bridgehead atoms. The molecule has 1 aromatic carbocycles. The molecule has 24 heavy (non-hydrogen) atoms. The van der Waals surface area contributed by atoms with Crippen molar-refractivity contribution in [3.05, 3.63) is 42.2 Å². The number of aromatic nitrogens is 1. The van der Waals surface area contributed by atoms with Crippen LogP contribution in [0.15, 0.2) is 36.7 Å². The fourth-order valence-electron chi connectivity index (χ4n) is 2.91. The standard InChI is InChI=1S/C18H22BNO4/c1-3-22-17-6-5-13(8-18(17)23-4-2)14-7-15(11-20-10-14)16-9-19(21)24-12-16/h5-8,10-11,16,21H,3-4,9,12H2,1-2H3/t16-/m0/s1. The van der Waals surface area contributed by atoms with Gasteiger partial charge in [0.2, 0.25) is 0 Å². The Labute approximate surface area is 142 Å². The molecule has 0 saturated carbocycles. The van der Waals surface area contributed by atoms with Crippen LogP contribution < -0.4 is 9.47 Å². The molecule has 2 aromatic rings. The van der Waals surface area contributed by atoms with Gasteiger partial charge in [-0.2, -0.15) is 0 Å². The Morgan fingerprint density at radius 1 is 1.12 bits per heavy atom. The molecule has 1 aliphatic heterocycles. The molecule has 1 fully saturated rings. The largest absolute Gasteiger partial charge is 0.490 e. The summed E-state index contributed by atoms with van der Waals surface area (Å²) in [4.78, 5) is 4.36. The molecule has 1 aromatic heterocycles. The Kier molecular flexibility index (Phi) is 5.38. The van der Waals surface area contributed by atoms with Gasteiger partial charge < -0.3 is 19.2 Å². The fraction of sp³-hybridized carbons (Fsp3) is 0.389. The predicted octanol–water partition coefficient (Wildman–Crippen LogP) is 3.14. The number of benzene rings is 1. The zero-order valence-corrected chi connectivity index (χ0v) is 14.1. The summed E-state index contributed by atoms with van der Waals surface area (Å²) in [5.41, 5.74) is 3.12. The lowest BCUT2D eigenvalue weighted by molar-refractivity contribution is 0.288. The van der Waals surface area contributed by atoms with Gasteiger partial charge in [0.15, 0.2) is 11.5 Å². The van der Waals surface area contributed by atoms with Crippen molar-refractivity contribution in [3.63, 3.8) is 0 Å². The molecule has 0 unspecified atom stereocenters. The van der Waals surface area contributed by atoms with Crippen LogP contribution in [-0.4, -0.2) is 36.9 Å². The smallest absolute Gasteiger partial charge is 0.454 e. The van der Waals surface area contributed by atoms with E-state index < -0.39 is 7.12 Å². The lowest BCUT2D eigenvalue weighted by Gasteiger charge is -2.13. The molecule has 126 valence electrons. The maximum absolute atomic E-state index is 9.55. The highest BCUT2D eigenvalue weighted by Crippen LogP contribution is 2.34. The highest BCUT2D eigenvalue weighted by molar-refractivity contribution is 6.43. The Bertz CT molecular complexity index is 694. The molecular weight excluding hydrogens is 305 g/mol. The molecule has 2 heterocycles. The summed E-state index contributed by atoms with van der Waals surface area (Å²) >= 11 is 0. The second-order valence-corrected chi connectivity index (χ2v) is 5.76. The van der Waals surface area contributed by atoms with E-state index in [0.717, 1.165) is 28.2 Å². The van der Waals surface area contributed by atoms with E-state index in [1.807, 2.05) is 44.4 Å². The van der Waals surface area contributed by atoms with Crippen LogP contribution in [0.4, 0.5) is 0 Å². The minimum absolute atomic E-state index is 0.182. The number of ether oxygens (including phenoxy) is 2. The fourth-order valence-corrected chi connectivity index (χ4v) is 2.91. The minimum atomic E-state index is -0.673. The Balaban J connectivity index is 1.89. The molecule has 0 spiro atoms. The van der Waals surface area contributed by atoms with E-state index in [0.29, 0.717) is 26.1 Å². The minimum Gasteiger partial charge on any atom is -0.490 e. The van der Waals surface area contributed by atoms with E-state index in [4.69, 9.17) is 14.1 Å². The van der Waals surface area contributed by atoms with Gasteiger partial charge in [-0.1, -0.05) is 6.07 Å². The van der Waals surface area contributed by atoms with Crippen molar-refractivity contribution in [3.8, 4) is 22.6 Å². The molecule has 1 saturated heterocycles. The first-order valence-electron chi connectivity index (χ1n) is 8.35. The van der Waals surface area contributed by atoms with Crippen LogP contribution >= 0.6 is 0 Å². The van der Waals surface area contributed by atoms with Crippen LogP contribution in [-0.2, 0) is 4.65 Å². The molecule has 1 aliphatic rings. The maximum Gasteiger partial charge on any atom is 0.454 e. The number of hydrogen-bond donors (Lipinski definition) is 1. The van der Waals surface area contributed by atoms with Gasteiger partial charge in [0.05, 0.1) is 13.2 Å². The van der Waals surface area contributed by atoms with Crippen LogP contribution in [0.1, 0.15) is 25.3 Å². The SMILES string of the molecule is CCOc1ccc(-c2cncc([C@@H]3COB(O)C3)c2)cc1OCC. The summed E-state index contributed by atoms with van der Waals surface area (Å²) in [6.45, 7) is 5.62. The van der Waals surface area contributed by atoms with Crippen LogP contribution in [0, 0.1) is 0 Å². The average molecular weight is 327 g/mol. The molecule has 1 atom stereocenters. The van der Waals surface area contributed by atoms with Crippen molar-refractivity contribution in [2.75, 3.05) is 19.8 Å². The van der Waals surface area contributed by atoms with Crippen LogP contribution in [0.5, 0.6) is 11.5 Å². The quantitative estimate of drug-likeness (QED) is 0.826. The highest BCUT2D eigenvalue weighted by Gasteiger charge is 2.30. The molecule has 1 N–H and O–H groups in total. The number of rotatable bonds is 6. The Morgan fingerprint density at radius 2 is 1.92 bits per heavy atom. The van der Waals surface area contributed by atoms with Crippen molar-refractivity contribution in [1.29, 1.82) is 0 Å². The first kappa shape index (κ1) is 16.8. The van der Waals surface area contributed by atoms with Gasteiger partial charge in [-0.25, -0.2) is 0 Å². The first-order chi connectivity index (χ1) is 11.7. The van der Waals surface area contributed by atoms with Crippen molar-refractivity contribution < 1.29 is 19.2 Å². The van der Waals surface area contributed by atoms with Crippen LogP contribution in [0.25, 0.3) is 11.1 Å². The topological polar surface area (TPSA) is 60.8 Å². The zero-order valence-electron chi connectivity index (χ0n) is 14.1. The summed E-state index contributed by atoms with van der Waals surface area (Å²) in [6.07, 6.45) is 4.29. The molecule has 6 heteroatoms. The van der Waals surface area contributed by atoms with E-state index in [2.05, 4.69) is 11.1 Å². The number of nitrogens with zero attached hydrogens (tertiary/aromatic N) is 1. The van der Waals surface area contributed by atoms with E-state index in [1.165, 1.54) is 0 Å². The number of hydrogen-bond acceptors (Lipinski definition) is 5. The van der Waals surface area contributed by atoms with Gasteiger partial charge in [-0.15, -0.1) is 0 Å². The molecule has 0 aliphatic carbocycles. The third kappa shape index (κ3) is 3.71. The normalized spacial score (nSPS) is 17.1. The third-order valence-corrected chi connectivity index (χ3v) is 4.08. The first-order valence-corrected chi connectivity index (χ1v) is 8.35. The van der Waals surface area contributed by atoms with Gasteiger partial charge in [-0.3, -0.25) is 4.98 Å². The maximum atomic E-state index is 9.55. The summed E-state index contributed by atoms with van der Waals surface area (Å²) in [6, 6.07) is 8.02. The van der Waals surface area contributed by atoms with E-state index in [9.17, 15) is 5.02 Å². The molecule has 3 rings (SSSR count). The average Bonchev–Trinajstić information content (AvgIpc) is 3.03. The van der Waals surface area contributed by atoms with Crippen molar-refractivity contribution in [2.24, 2.45) is 0 Å². The van der Waals surface area contributed by atoms with Gasteiger partial charge in [-0.05, 0) is 49.5 Å². The highest BCUT2D eigenvalue weighted by atomic mass is 16.5. The van der Waals surface area contributed by atoms with Crippen molar-refractivity contribution >= 4 is 7.12 Å². The monoisotopic (exact) mass is 327 g/mol.